The molecule has 0 fully saturated rings. The number of carbonyl (C=O) groups excluding carboxylic acids is 1. The van der Waals surface area contributed by atoms with Crippen molar-refractivity contribution in [3.05, 3.63) is 12.7 Å². The van der Waals surface area contributed by atoms with E-state index in [1.54, 1.807) is 6.08 Å². The summed E-state index contributed by atoms with van der Waals surface area (Å²) in [5.41, 5.74) is 0. The number of hydrogen-bond acceptors (Lipinski definition) is 2. The van der Waals surface area contributed by atoms with Gasteiger partial charge in [0.2, 0.25) is 0 Å². The number of rotatable bonds is 7. The number of carboxylic acids is 1. The Hall–Kier alpha value is -1.19. The fourth-order valence-corrected chi connectivity index (χ4v) is 1.02. The summed E-state index contributed by atoms with van der Waals surface area (Å²) in [6.45, 7) is 2.36. The first-order valence-corrected chi connectivity index (χ1v) is 4.03. The fraction of sp³-hybridized carbons (Fsp3) is 0.556. The number of halogens is 1. The Kier molecular flexibility index (Phi) is 5.76. The second-order valence-electron chi connectivity index (χ2n) is 2.76. The van der Waals surface area contributed by atoms with Gasteiger partial charge in [0.1, 0.15) is 6.67 Å². The second kappa shape index (κ2) is 6.34. The van der Waals surface area contributed by atoms with Crippen LogP contribution in [-0.4, -0.2) is 23.5 Å². The van der Waals surface area contributed by atoms with Crippen LogP contribution in [0.1, 0.15) is 19.3 Å². The second-order valence-corrected chi connectivity index (χ2v) is 2.76. The molecule has 3 nitrogen and oxygen atoms in total. The van der Waals surface area contributed by atoms with E-state index in [0.717, 1.165) is 0 Å². The van der Waals surface area contributed by atoms with Crippen molar-refractivity contribution in [3.63, 3.8) is 0 Å². The van der Waals surface area contributed by atoms with Gasteiger partial charge in [-0.15, -0.1) is 6.58 Å². The van der Waals surface area contributed by atoms with Gasteiger partial charge in [0.05, 0.1) is 6.42 Å². The molecule has 0 aliphatic heterocycles. The molecule has 0 rings (SSSR count). The van der Waals surface area contributed by atoms with Gasteiger partial charge in [-0.2, -0.15) is 0 Å². The summed E-state index contributed by atoms with van der Waals surface area (Å²) in [7, 11) is 0. The number of carbonyl (C=O) groups is 2. The van der Waals surface area contributed by atoms with Gasteiger partial charge in [-0.05, 0) is 12.8 Å². The summed E-state index contributed by atoms with van der Waals surface area (Å²) in [5.74, 6) is -2.42. The lowest BCUT2D eigenvalue weighted by atomic mass is 9.95. The zero-order chi connectivity index (χ0) is 10.3. The molecular formula is C9H13FO3. The zero-order valence-corrected chi connectivity index (χ0v) is 7.33. The first-order chi connectivity index (χ1) is 6.11. The topological polar surface area (TPSA) is 54.4 Å². The minimum Gasteiger partial charge on any atom is -0.481 e. The van der Waals surface area contributed by atoms with Gasteiger partial charge >= 0.3 is 5.97 Å². The molecule has 0 aromatic heterocycles. The van der Waals surface area contributed by atoms with Crippen LogP contribution in [0, 0.1) is 5.92 Å². The van der Waals surface area contributed by atoms with Crippen molar-refractivity contribution < 1.29 is 19.1 Å². The predicted octanol–water partition coefficient (Wildman–Crippen LogP) is 1.58. The fourth-order valence-electron chi connectivity index (χ4n) is 1.02. The van der Waals surface area contributed by atoms with Crippen molar-refractivity contribution in [2.75, 3.05) is 6.67 Å². The number of ketones is 1. The highest BCUT2D eigenvalue weighted by Gasteiger charge is 2.20. The molecule has 1 unspecified atom stereocenters. The van der Waals surface area contributed by atoms with Gasteiger partial charge in [-0.25, -0.2) is 4.39 Å². The van der Waals surface area contributed by atoms with Crippen LogP contribution < -0.4 is 0 Å². The molecule has 0 aliphatic rings. The summed E-state index contributed by atoms with van der Waals surface area (Å²) in [5, 5.41) is 8.43. The Morgan fingerprint density at radius 1 is 1.54 bits per heavy atom. The third-order valence-corrected chi connectivity index (χ3v) is 1.73. The molecule has 0 aromatic rings. The maximum absolute atomic E-state index is 11.9. The SMILES string of the molecule is C=CCCC(CC(=O)O)C(=O)CF. The van der Waals surface area contributed by atoms with E-state index in [4.69, 9.17) is 5.11 Å². The summed E-state index contributed by atoms with van der Waals surface area (Å²) < 4.78 is 11.9. The Balaban J connectivity index is 4.09. The lowest BCUT2D eigenvalue weighted by molar-refractivity contribution is -0.140. The van der Waals surface area contributed by atoms with E-state index in [0.29, 0.717) is 12.8 Å². The van der Waals surface area contributed by atoms with Crippen molar-refractivity contribution in [1.82, 2.24) is 0 Å². The smallest absolute Gasteiger partial charge is 0.304 e. The maximum Gasteiger partial charge on any atom is 0.304 e. The molecule has 4 heteroatoms. The Morgan fingerprint density at radius 3 is 2.54 bits per heavy atom. The van der Waals surface area contributed by atoms with Crippen LogP contribution in [-0.2, 0) is 9.59 Å². The molecule has 0 saturated carbocycles. The van der Waals surface area contributed by atoms with E-state index in [9.17, 15) is 14.0 Å². The number of allylic oxidation sites excluding steroid dienone is 1. The number of Topliss-reactive ketones (excluding diaryl/α,β-unsaturated/α-hetero) is 1. The monoisotopic (exact) mass is 188 g/mol. The highest BCUT2D eigenvalue weighted by Crippen LogP contribution is 2.13. The Bertz CT molecular complexity index is 201. The normalized spacial score (nSPS) is 12.1. The first kappa shape index (κ1) is 11.8. The minimum atomic E-state index is -1.09. The molecule has 1 N–H and O–H groups in total. The van der Waals surface area contributed by atoms with Crippen molar-refractivity contribution >= 4 is 11.8 Å². The standard InChI is InChI=1S/C9H13FO3/c1-2-3-4-7(5-9(12)13)8(11)6-10/h2,7H,1,3-6H2,(H,12,13). The Morgan fingerprint density at radius 2 is 2.15 bits per heavy atom. The van der Waals surface area contributed by atoms with Crippen molar-refractivity contribution in [1.29, 1.82) is 0 Å². The van der Waals surface area contributed by atoms with Crippen LogP contribution in [0.2, 0.25) is 0 Å². The average molecular weight is 188 g/mol. The molecule has 0 aromatic carbocycles. The first-order valence-electron chi connectivity index (χ1n) is 4.03. The largest absolute Gasteiger partial charge is 0.481 e. The van der Waals surface area contributed by atoms with E-state index in [2.05, 4.69) is 6.58 Å². The lowest BCUT2D eigenvalue weighted by Gasteiger charge is -2.09. The highest BCUT2D eigenvalue weighted by molar-refractivity contribution is 5.85. The number of aliphatic carboxylic acids is 1. The van der Waals surface area contributed by atoms with Crippen LogP contribution in [0.15, 0.2) is 12.7 Å². The molecule has 0 spiro atoms. The Labute approximate surface area is 76.3 Å². The van der Waals surface area contributed by atoms with Crippen LogP contribution in [0.25, 0.3) is 0 Å². The zero-order valence-electron chi connectivity index (χ0n) is 7.33. The molecular weight excluding hydrogens is 175 g/mol. The maximum atomic E-state index is 11.9. The van der Waals surface area contributed by atoms with Gasteiger partial charge in [-0.3, -0.25) is 9.59 Å². The van der Waals surface area contributed by atoms with Gasteiger partial charge in [0, 0.05) is 5.92 Å². The molecule has 0 saturated heterocycles. The van der Waals surface area contributed by atoms with E-state index >= 15 is 0 Å². The number of hydrogen-bond donors (Lipinski definition) is 1. The van der Waals surface area contributed by atoms with E-state index in [1.807, 2.05) is 0 Å². The van der Waals surface area contributed by atoms with Crippen molar-refractivity contribution in [2.24, 2.45) is 5.92 Å². The molecule has 1 atom stereocenters. The third kappa shape index (κ3) is 5.11. The summed E-state index contributed by atoms with van der Waals surface area (Å²) in [6, 6.07) is 0. The summed E-state index contributed by atoms with van der Waals surface area (Å²) in [6.07, 6.45) is 2.18. The van der Waals surface area contributed by atoms with Crippen molar-refractivity contribution in [3.8, 4) is 0 Å². The van der Waals surface area contributed by atoms with Gasteiger partial charge in [-0.1, -0.05) is 6.08 Å². The molecule has 0 amide bonds. The van der Waals surface area contributed by atoms with Gasteiger partial charge in [0.15, 0.2) is 5.78 Å². The van der Waals surface area contributed by atoms with Crippen LogP contribution in [0.4, 0.5) is 4.39 Å². The summed E-state index contributed by atoms with van der Waals surface area (Å²) in [4.78, 5) is 21.2. The molecule has 74 valence electrons. The highest BCUT2D eigenvalue weighted by atomic mass is 19.1. The van der Waals surface area contributed by atoms with Crippen LogP contribution >= 0.6 is 0 Å². The van der Waals surface area contributed by atoms with E-state index < -0.39 is 24.3 Å². The molecule has 0 aliphatic carbocycles. The van der Waals surface area contributed by atoms with Gasteiger partial charge < -0.3 is 5.11 Å². The minimum absolute atomic E-state index is 0.295. The van der Waals surface area contributed by atoms with E-state index in [-0.39, 0.29) is 6.42 Å². The summed E-state index contributed by atoms with van der Waals surface area (Å²) >= 11 is 0. The predicted molar refractivity (Wildman–Crippen MR) is 46.2 cm³/mol. The van der Waals surface area contributed by atoms with Crippen molar-refractivity contribution in [2.45, 2.75) is 19.3 Å². The number of alkyl halides is 1. The molecule has 0 radical (unpaired) electrons. The van der Waals surface area contributed by atoms with Crippen LogP contribution in [0.3, 0.4) is 0 Å². The van der Waals surface area contributed by atoms with E-state index in [1.165, 1.54) is 0 Å². The third-order valence-electron chi connectivity index (χ3n) is 1.73. The molecule has 0 bridgehead atoms. The quantitative estimate of drug-likeness (QED) is 0.617. The van der Waals surface area contributed by atoms with Crippen LogP contribution in [0.5, 0.6) is 0 Å². The molecule has 13 heavy (non-hydrogen) atoms. The number of carboxylic acid groups (broad SMARTS) is 1. The average Bonchev–Trinajstić information content (AvgIpc) is 2.10. The lowest BCUT2D eigenvalue weighted by Crippen LogP contribution is -2.19. The molecule has 0 heterocycles. The van der Waals surface area contributed by atoms with Gasteiger partial charge in [0.25, 0.3) is 0 Å².